The van der Waals surface area contributed by atoms with Crippen molar-refractivity contribution in [3.63, 3.8) is 0 Å². The molecule has 0 aliphatic carbocycles. The average molecular weight is 612 g/mol. The molecule has 1 aliphatic heterocycles. The van der Waals surface area contributed by atoms with Crippen molar-refractivity contribution in [1.29, 1.82) is 0 Å². The van der Waals surface area contributed by atoms with Crippen molar-refractivity contribution in [1.82, 2.24) is 4.31 Å². The number of rotatable bonds is 9. The largest absolute Gasteiger partial charge is 0.464 e. The molecule has 3 rings (SSSR count). The Hall–Kier alpha value is -3.25. The lowest BCUT2D eigenvalue weighted by Crippen LogP contribution is -2.63. The van der Waals surface area contributed by atoms with Crippen molar-refractivity contribution in [3.8, 4) is 0 Å². The number of ether oxygens (including phenoxy) is 3. The maximum atomic E-state index is 16.5. The quantitative estimate of drug-likeness (QED) is 0.180. The summed E-state index contributed by atoms with van der Waals surface area (Å²) in [5.74, 6) is -7.49. The number of nitrogens with zero attached hydrogens (tertiary/aromatic N) is 1. The summed E-state index contributed by atoms with van der Waals surface area (Å²) in [6.45, 7) is 5.34. The van der Waals surface area contributed by atoms with Gasteiger partial charge in [-0.15, -0.1) is 0 Å². The monoisotopic (exact) mass is 611 g/mol. The van der Waals surface area contributed by atoms with E-state index in [0.29, 0.717) is 10.0 Å². The van der Waals surface area contributed by atoms with Gasteiger partial charge < -0.3 is 14.2 Å². The lowest BCUT2D eigenvalue weighted by Gasteiger charge is -2.38. The van der Waals surface area contributed by atoms with Crippen molar-refractivity contribution in [2.75, 3.05) is 19.8 Å². The second kappa shape index (κ2) is 11.6. The summed E-state index contributed by atoms with van der Waals surface area (Å²) in [6.07, 6.45) is 0. The van der Waals surface area contributed by atoms with Crippen LogP contribution in [0.25, 0.3) is 0 Å². The molecular weight excluding hydrogens is 585 g/mol. The van der Waals surface area contributed by atoms with Crippen LogP contribution < -0.4 is 0 Å². The van der Waals surface area contributed by atoms with Gasteiger partial charge in [-0.3, -0.25) is 0 Å². The number of aryl methyl sites for hydroxylation is 1. The Labute approximate surface area is 228 Å². The highest BCUT2D eigenvalue weighted by atomic mass is 79.9. The van der Waals surface area contributed by atoms with E-state index in [2.05, 4.69) is 15.9 Å². The molecule has 2 aromatic rings. The number of carbonyl (C=O) groups excluding carboxylic acids is 3. The van der Waals surface area contributed by atoms with Gasteiger partial charge in [-0.05, 0) is 57.5 Å². The van der Waals surface area contributed by atoms with Gasteiger partial charge in [0.1, 0.15) is 5.57 Å². The molecule has 12 heteroatoms. The summed E-state index contributed by atoms with van der Waals surface area (Å²) in [7, 11) is -4.99. The molecule has 0 saturated heterocycles. The van der Waals surface area contributed by atoms with Crippen LogP contribution in [-0.4, -0.2) is 56.0 Å². The Morgan fingerprint density at radius 3 is 1.87 bits per heavy atom. The molecule has 0 fully saturated rings. The fraction of sp³-hybridized carbons (Fsp3) is 0.346. The Kier molecular flexibility index (Phi) is 8.98. The molecule has 1 unspecified atom stereocenters. The first-order chi connectivity index (χ1) is 18.0. The zero-order valence-electron chi connectivity index (χ0n) is 21.2. The number of esters is 3. The molecule has 1 heterocycles. The van der Waals surface area contributed by atoms with Gasteiger partial charge in [-0.2, -0.15) is 4.39 Å². The molecular formula is C26H27BrFNO8S. The molecule has 38 heavy (non-hydrogen) atoms. The van der Waals surface area contributed by atoms with Crippen LogP contribution in [-0.2, 0) is 38.6 Å². The lowest BCUT2D eigenvalue weighted by molar-refractivity contribution is -0.170. The smallest absolute Gasteiger partial charge is 0.345 e. The third-order valence-electron chi connectivity index (χ3n) is 5.86. The van der Waals surface area contributed by atoms with Crippen LogP contribution in [0.4, 0.5) is 4.39 Å². The minimum Gasteiger partial charge on any atom is -0.464 e. The predicted molar refractivity (Wildman–Crippen MR) is 138 cm³/mol. The van der Waals surface area contributed by atoms with Crippen molar-refractivity contribution < 1.29 is 41.4 Å². The maximum Gasteiger partial charge on any atom is 0.345 e. The van der Waals surface area contributed by atoms with Gasteiger partial charge >= 0.3 is 17.9 Å². The molecule has 1 atom stereocenters. The fourth-order valence-corrected chi connectivity index (χ4v) is 6.16. The predicted octanol–water partition coefficient (Wildman–Crippen LogP) is 4.15. The number of hydrogen-bond donors (Lipinski definition) is 0. The van der Waals surface area contributed by atoms with Gasteiger partial charge in [0, 0.05) is 4.47 Å². The van der Waals surface area contributed by atoms with Gasteiger partial charge in [0.05, 0.1) is 30.6 Å². The van der Waals surface area contributed by atoms with Crippen LogP contribution in [0.2, 0.25) is 0 Å². The summed E-state index contributed by atoms with van der Waals surface area (Å²) in [4.78, 5) is 40.3. The second-order valence-corrected chi connectivity index (χ2v) is 10.9. The molecule has 0 saturated carbocycles. The van der Waals surface area contributed by atoms with E-state index < -0.39 is 55.8 Å². The Balaban J connectivity index is 2.50. The van der Waals surface area contributed by atoms with E-state index >= 15 is 4.39 Å². The van der Waals surface area contributed by atoms with Gasteiger partial charge in [-0.1, -0.05) is 45.8 Å². The molecule has 1 aliphatic rings. The summed E-state index contributed by atoms with van der Waals surface area (Å²) >= 11 is 3.28. The van der Waals surface area contributed by atoms with E-state index in [1.165, 1.54) is 69.3 Å². The van der Waals surface area contributed by atoms with E-state index in [1.807, 2.05) is 0 Å². The highest BCUT2D eigenvalue weighted by Gasteiger charge is 2.71. The van der Waals surface area contributed by atoms with Crippen LogP contribution in [0.15, 0.2) is 69.4 Å². The third-order valence-corrected chi connectivity index (χ3v) is 8.18. The van der Waals surface area contributed by atoms with E-state index in [-0.39, 0.29) is 29.7 Å². The van der Waals surface area contributed by atoms with Gasteiger partial charge in [0.2, 0.25) is 5.95 Å². The van der Waals surface area contributed by atoms with E-state index in [1.54, 1.807) is 6.92 Å². The summed E-state index contributed by atoms with van der Waals surface area (Å²) in [5.41, 5.74) is -3.03. The zero-order valence-corrected chi connectivity index (χ0v) is 23.6. The Bertz CT molecular complexity index is 1340. The third kappa shape index (κ3) is 4.94. The number of sulfonamides is 1. The molecule has 0 bridgehead atoms. The highest BCUT2D eigenvalue weighted by molar-refractivity contribution is 9.10. The molecule has 0 spiro atoms. The molecule has 0 aromatic heterocycles. The van der Waals surface area contributed by atoms with Crippen LogP contribution in [0.5, 0.6) is 0 Å². The first-order valence-electron chi connectivity index (χ1n) is 11.8. The second-order valence-electron chi connectivity index (χ2n) is 8.20. The van der Waals surface area contributed by atoms with Gasteiger partial charge in [0.25, 0.3) is 15.6 Å². The minimum absolute atomic E-state index is 0.0135. The molecule has 204 valence electrons. The summed E-state index contributed by atoms with van der Waals surface area (Å²) in [5, 5.41) is 0. The van der Waals surface area contributed by atoms with Crippen LogP contribution in [0.1, 0.15) is 37.8 Å². The van der Waals surface area contributed by atoms with Crippen LogP contribution in [0, 0.1) is 6.92 Å². The number of carbonyl (C=O) groups is 3. The van der Waals surface area contributed by atoms with Crippen molar-refractivity contribution >= 4 is 43.9 Å². The minimum atomic E-state index is -4.99. The number of halogens is 2. The maximum absolute atomic E-state index is 16.5. The first kappa shape index (κ1) is 29.3. The molecule has 9 nitrogen and oxygen atoms in total. The Morgan fingerprint density at radius 1 is 0.895 bits per heavy atom. The van der Waals surface area contributed by atoms with E-state index in [0.717, 1.165) is 0 Å². The number of benzene rings is 2. The fourth-order valence-electron chi connectivity index (χ4n) is 4.26. The normalized spacial score (nSPS) is 16.8. The van der Waals surface area contributed by atoms with E-state index in [9.17, 15) is 22.8 Å². The lowest BCUT2D eigenvalue weighted by atomic mass is 9.77. The van der Waals surface area contributed by atoms with Gasteiger partial charge in [0.15, 0.2) is 0 Å². The molecule has 0 N–H and O–H groups in total. The Morgan fingerprint density at radius 2 is 1.39 bits per heavy atom. The summed E-state index contributed by atoms with van der Waals surface area (Å²) < 4.78 is 60.6. The molecule has 0 amide bonds. The SMILES string of the molecule is CCOC(=O)C1=C(F)N(S(=O)(=O)c2ccc(C)cc2)C(C(=O)OCC)(C(=O)OCC)C1c1ccc(Br)cc1. The standard InChI is InChI=1S/C26H27BrFNO8S/c1-5-35-23(30)20-21(17-10-12-18(27)13-11-17)26(24(31)36-6-2,25(32)37-7-3)29(22(20)28)38(33,34)19-14-8-16(4)9-15-19/h8-15,21H,5-7H2,1-4H3. The van der Waals surface area contributed by atoms with Crippen molar-refractivity contribution in [2.45, 2.75) is 44.0 Å². The molecule has 2 aromatic carbocycles. The van der Waals surface area contributed by atoms with Crippen LogP contribution in [0.3, 0.4) is 0 Å². The van der Waals surface area contributed by atoms with Crippen LogP contribution >= 0.6 is 15.9 Å². The summed E-state index contributed by atoms with van der Waals surface area (Å²) in [6, 6.07) is 11.3. The average Bonchev–Trinajstić information content (AvgIpc) is 3.16. The van der Waals surface area contributed by atoms with Crippen molar-refractivity contribution in [2.24, 2.45) is 0 Å². The van der Waals surface area contributed by atoms with E-state index in [4.69, 9.17) is 14.2 Å². The van der Waals surface area contributed by atoms with Gasteiger partial charge in [-0.25, -0.2) is 27.1 Å². The highest BCUT2D eigenvalue weighted by Crippen LogP contribution is 2.53. The first-order valence-corrected chi connectivity index (χ1v) is 14.0. The van der Waals surface area contributed by atoms with Crippen molar-refractivity contribution in [3.05, 3.63) is 75.7 Å². The zero-order chi connectivity index (χ0) is 28.3. The number of hydrogen-bond acceptors (Lipinski definition) is 8. The topological polar surface area (TPSA) is 116 Å². The molecule has 0 radical (unpaired) electrons.